The largest absolute Gasteiger partial charge is 0.481 e. The molecule has 1 N–H and O–H groups in total. The Kier molecular flexibility index (Phi) is 5.40. The first kappa shape index (κ1) is 24.9. The number of rotatable bonds is 2. The molecule has 0 aromatic heterocycles. The molecule has 0 radical (unpaired) electrons. The SMILES string of the molecule is C[C@H]1CC[C@]2(C)C3CC=C4[C@@H]5C[C@@](C)(CC(=O)O)CC[C@]5(C)CC[C@@]4(C)[C@]3(C)CC[C@H]2C1(C)C. The third-order valence-corrected chi connectivity index (χ3v) is 14.1. The monoisotopic (exact) mass is 468 g/mol. The van der Waals surface area contributed by atoms with Crippen LogP contribution in [0.5, 0.6) is 0 Å². The molecule has 1 unspecified atom stereocenters. The summed E-state index contributed by atoms with van der Waals surface area (Å²) in [7, 11) is 0. The summed E-state index contributed by atoms with van der Waals surface area (Å²) in [6, 6.07) is 0. The Morgan fingerprint density at radius 2 is 1.59 bits per heavy atom. The number of aliphatic carboxylic acids is 1. The van der Waals surface area contributed by atoms with Gasteiger partial charge in [-0.05, 0) is 120 Å². The lowest BCUT2D eigenvalue weighted by molar-refractivity contribution is -0.190. The second kappa shape index (κ2) is 7.38. The van der Waals surface area contributed by atoms with Crippen LogP contribution in [0.3, 0.4) is 0 Å². The highest BCUT2D eigenvalue weighted by atomic mass is 16.4. The molecule has 0 amide bonds. The molecule has 0 aromatic rings. The molecular weight excluding hydrogens is 416 g/mol. The smallest absolute Gasteiger partial charge is 0.303 e. The summed E-state index contributed by atoms with van der Waals surface area (Å²) in [6.45, 7) is 20.5. The van der Waals surface area contributed by atoms with Crippen molar-refractivity contribution in [3.63, 3.8) is 0 Å². The van der Waals surface area contributed by atoms with Crippen molar-refractivity contribution in [1.82, 2.24) is 0 Å². The Balaban J connectivity index is 1.54. The van der Waals surface area contributed by atoms with Crippen molar-refractivity contribution >= 4 is 5.97 Å². The molecule has 5 rings (SSSR count). The Labute approximate surface area is 209 Å². The van der Waals surface area contributed by atoms with Crippen LogP contribution in [0.4, 0.5) is 0 Å². The number of carbonyl (C=O) groups is 1. The van der Waals surface area contributed by atoms with E-state index in [2.05, 4.69) is 61.5 Å². The summed E-state index contributed by atoms with van der Waals surface area (Å²) in [5.74, 6) is 2.38. The van der Waals surface area contributed by atoms with Gasteiger partial charge in [-0.1, -0.05) is 67.0 Å². The first-order valence-corrected chi connectivity index (χ1v) is 14.5. The molecule has 5 aliphatic carbocycles. The van der Waals surface area contributed by atoms with E-state index in [9.17, 15) is 9.90 Å². The average molecular weight is 469 g/mol. The molecule has 4 saturated carbocycles. The van der Waals surface area contributed by atoms with Gasteiger partial charge in [0.15, 0.2) is 0 Å². The van der Waals surface area contributed by atoms with Gasteiger partial charge in [-0.2, -0.15) is 0 Å². The fourth-order valence-corrected chi connectivity index (χ4v) is 11.1. The van der Waals surface area contributed by atoms with Gasteiger partial charge < -0.3 is 5.11 Å². The summed E-state index contributed by atoms with van der Waals surface area (Å²) >= 11 is 0. The zero-order valence-corrected chi connectivity index (χ0v) is 23.5. The van der Waals surface area contributed by atoms with Gasteiger partial charge in [0.05, 0.1) is 6.42 Å². The molecule has 0 spiro atoms. The molecule has 0 aliphatic heterocycles. The summed E-state index contributed by atoms with van der Waals surface area (Å²) < 4.78 is 0. The second-order valence-electron chi connectivity index (χ2n) is 15.8. The average Bonchev–Trinajstić information content (AvgIpc) is 2.72. The van der Waals surface area contributed by atoms with Crippen molar-refractivity contribution in [2.24, 2.45) is 56.2 Å². The van der Waals surface area contributed by atoms with Gasteiger partial charge in [0.1, 0.15) is 0 Å². The third kappa shape index (κ3) is 3.14. The summed E-state index contributed by atoms with van der Waals surface area (Å²) in [6.07, 6.45) is 15.9. The topological polar surface area (TPSA) is 37.3 Å². The van der Waals surface area contributed by atoms with Gasteiger partial charge in [0.2, 0.25) is 0 Å². The quantitative estimate of drug-likeness (QED) is 0.411. The van der Waals surface area contributed by atoms with E-state index in [4.69, 9.17) is 0 Å². The van der Waals surface area contributed by atoms with E-state index in [1.54, 1.807) is 5.57 Å². The lowest BCUT2D eigenvalue weighted by Gasteiger charge is -2.71. The van der Waals surface area contributed by atoms with E-state index in [1.807, 2.05) is 0 Å². The zero-order chi connectivity index (χ0) is 24.9. The molecule has 2 nitrogen and oxygen atoms in total. The van der Waals surface area contributed by atoms with Crippen molar-refractivity contribution in [2.75, 3.05) is 0 Å². The predicted molar refractivity (Wildman–Crippen MR) is 140 cm³/mol. The lowest BCUT2D eigenvalue weighted by Crippen LogP contribution is -2.63. The Morgan fingerprint density at radius 3 is 2.26 bits per heavy atom. The molecule has 0 heterocycles. The van der Waals surface area contributed by atoms with E-state index in [0.29, 0.717) is 34.0 Å². The van der Waals surface area contributed by atoms with Crippen molar-refractivity contribution < 1.29 is 9.90 Å². The molecule has 2 heteroatoms. The summed E-state index contributed by atoms with van der Waals surface area (Å²) in [5.41, 5.74) is 3.56. The van der Waals surface area contributed by atoms with Crippen molar-refractivity contribution in [3.05, 3.63) is 11.6 Å². The summed E-state index contributed by atoms with van der Waals surface area (Å²) in [4.78, 5) is 11.7. The van der Waals surface area contributed by atoms with Crippen LogP contribution in [-0.4, -0.2) is 11.1 Å². The highest BCUT2D eigenvalue weighted by Gasteiger charge is 2.67. The maximum atomic E-state index is 11.7. The van der Waals surface area contributed by atoms with Crippen LogP contribution in [0.25, 0.3) is 0 Å². The number of fused-ring (bicyclic) bond motifs is 7. The number of carboxylic acids is 1. The van der Waals surface area contributed by atoms with Gasteiger partial charge in [0.25, 0.3) is 0 Å². The van der Waals surface area contributed by atoms with Crippen LogP contribution in [0.15, 0.2) is 11.6 Å². The maximum Gasteiger partial charge on any atom is 0.303 e. The van der Waals surface area contributed by atoms with Gasteiger partial charge in [-0.15, -0.1) is 0 Å². The fourth-order valence-electron chi connectivity index (χ4n) is 11.1. The molecule has 4 fully saturated rings. The highest BCUT2D eigenvalue weighted by molar-refractivity contribution is 5.67. The van der Waals surface area contributed by atoms with E-state index in [-0.39, 0.29) is 10.8 Å². The predicted octanol–water partition coefficient (Wildman–Crippen LogP) is 8.90. The minimum atomic E-state index is -0.616. The van der Waals surface area contributed by atoms with Crippen molar-refractivity contribution in [1.29, 1.82) is 0 Å². The second-order valence-corrected chi connectivity index (χ2v) is 15.8. The Hall–Kier alpha value is -0.790. The molecule has 9 atom stereocenters. The van der Waals surface area contributed by atoms with Crippen molar-refractivity contribution in [2.45, 2.75) is 126 Å². The maximum absolute atomic E-state index is 11.7. The standard InChI is InChI=1S/C32H52O2/c1-21-11-13-30(6)24(27(21,2)3)12-14-32(8)25(30)10-9-22-23-19-28(4,20-26(33)34)15-16-29(23,5)17-18-31(22,32)7/h9,21,23-25H,10-20H2,1-8H3,(H,33,34)/t21-,23-,24-,25?,28-,29+,30-,31+,32+/m0/s1. The third-order valence-electron chi connectivity index (χ3n) is 14.1. The first-order valence-electron chi connectivity index (χ1n) is 14.5. The number of hydrogen-bond donors (Lipinski definition) is 1. The van der Waals surface area contributed by atoms with Crippen LogP contribution >= 0.6 is 0 Å². The highest BCUT2D eigenvalue weighted by Crippen LogP contribution is 2.76. The lowest BCUT2D eigenvalue weighted by atomic mass is 9.33. The Morgan fingerprint density at radius 1 is 0.912 bits per heavy atom. The minimum Gasteiger partial charge on any atom is -0.481 e. The molecule has 5 aliphatic rings. The van der Waals surface area contributed by atoms with Crippen LogP contribution in [0.2, 0.25) is 0 Å². The van der Waals surface area contributed by atoms with Crippen LogP contribution < -0.4 is 0 Å². The number of allylic oxidation sites excluding steroid dienone is 2. The molecule has 0 bridgehead atoms. The van der Waals surface area contributed by atoms with Gasteiger partial charge in [-0.3, -0.25) is 4.79 Å². The van der Waals surface area contributed by atoms with Gasteiger partial charge in [0, 0.05) is 0 Å². The van der Waals surface area contributed by atoms with Crippen LogP contribution in [0, 0.1) is 56.2 Å². The van der Waals surface area contributed by atoms with Crippen LogP contribution in [0.1, 0.15) is 126 Å². The summed E-state index contributed by atoms with van der Waals surface area (Å²) in [5, 5.41) is 9.65. The molecule has 0 saturated heterocycles. The molecule has 34 heavy (non-hydrogen) atoms. The molecular formula is C32H52O2. The molecule has 0 aromatic carbocycles. The van der Waals surface area contributed by atoms with Gasteiger partial charge >= 0.3 is 5.97 Å². The normalized spacial score (nSPS) is 54.1. The van der Waals surface area contributed by atoms with Crippen molar-refractivity contribution in [3.8, 4) is 0 Å². The van der Waals surface area contributed by atoms with Gasteiger partial charge in [-0.25, -0.2) is 0 Å². The minimum absolute atomic E-state index is 0.0555. The van der Waals surface area contributed by atoms with E-state index >= 15 is 0 Å². The molecule has 192 valence electrons. The zero-order valence-electron chi connectivity index (χ0n) is 23.5. The van der Waals surface area contributed by atoms with E-state index < -0.39 is 5.97 Å². The van der Waals surface area contributed by atoms with E-state index in [0.717, 1.165) is 30.6 Å². The van der Waals surface area contributed by atoms with Crippen LogP contribution in [-0.2, 0) is 4.79 Å². The van der Waals surface area contributed by atoms with E-state index in [1.165, 1.54) is 51.4 Å². The Bertz CT molecular complexity index is 901. The number of hydrogen-bond acceptors (Lipinski definition) is 1. The first-order chi connectivity index (χ1) is 15.6. The fraction of sp³-hybridized carbons (Fsp3) is 0.906. The number of carboxylic acid groups (broad SMARTS) is 1.